The molecule has 4 rings (SSSR count). The van der Waals surface area contributed by atoms with Gasteiger partial charge < -0.3 is 23.7 Å². The van der Waals surface area contributed by atoms with Crippen LogP contribution >= 0.6 is 0 Å². The Bertz CT molecular complexity index is 1300. The zero-order valence-electron chi connectivity index (χ0n) is 26.0. The van der Waals surface area contributed by atoms with Crippen molar-refractivity contribution in [2.24, 2.45) is 5.92 Å². The van der Waals surface area contributed by atoms with E-state index in [0.29, 0.717) is 39.5 Å². The average molecular weight is 595 g/mol. The van der Waals surface area contributed by atoms with Crippen LogP contribution in [0.2, 0.25) is 0 Å². The maximum absolute atomic E-state index is 6.82. The van der Waals surface area contributed by atoms with Crippen molar-refractivity contribution in [2.45, 2.75) is 64.2 Å². The SMILES string of the molecule is C=CCC(OC)C(OCc1ccccc1)C(OCc1ccccc1)C(OCc1ccccc1)C(C)COCc1ccccc1. The van der Waals surface area contributed by atoms with Crippen LogP contribution in [-0.2, 0) is 50.1 Å². The van der Waals surface area contributed by atoms with Crippen LogP contribution in [0.15, 0.2) is 134 Å². The van der Waals surface area contributed by atoms with E-state index >= 15 is 0 Å². The first-order chi connectivity index (χ1) is 21.7. The monoisotopic (exact) mass is 594 g/mol. The molecule has 0 amide bonds. The topological polar surface area (TPSA) is 46.2 Å². The molecule has 0 heterocycles. The molecule has 0 bridgehead atoms. The molecule has 0 aliphatic carbocycles. The minimum Gasteiger partial charge on any atom is -0.378 e. The van der Waals surface area contributed by atoms with Crippen molar-refractivity contribution in [3.8, 4) is 0 Å². The Balaban J connectivity index is 1.64. The van der Waals surface area contributed by atoms with Gasteiger partial charge in [0.05, 0.1) is 45.2 Å². The minimum absolute atomic E-state index is 0.0211. The highest BCUT2D eigenvalue weighted by Crippen LogP contribution is 2.28. The number of methoxy groups -OCH3 is 1. The maximum atomic E-state index is 6.82. The van der Waals surface area contributed by atoms with Gasteiger partial charge in [-0.15, -0.1) is 6.58 Å². The van der Waals surface area contributed by atoms with Gasteiger partial charge in [-0.3, -0.25) is 0 Å². The first-order valence-corrected chi connectivity index (χ1v) is 15.4. The van der Waals surface area contributed by atoms with Crippen LogP contribution in [0.25, 0.3) is 0 Å². The normalized spacial score (nSPS) is 14.8. The van der Waals surface area contributed by atoms with Gasteiger partial charge in [0.25, 0.3) is 0 Å². The highest BCUT2D eigenvalue weighted by molar-refractivity contribution is 5.16. The maximum Gasteiger partial charge on any atom is 0.113 e. The van der Waals surface area contributed by atoms with Crippen molar-refractivity contribution in [1.29, 1.82) is 0 Å². The molecule has 5 atom stereocenters. The smallest absolute Gasteiger partial charge is 0.113 e. The second kappa shape index (κ2) is 18.9. The quantitative estimate of drug-likeness (QED) is 0.0966. The summed E-state index contributed by atoms with van der Waals surface area (Å²) in [5, 5.41) is 0. The molecule has 0 radical (unpaired) electrons. The average Bonchev–Trinajstić information content (AvgIpc) is 3.08. The summed E-state index contributed by atoms with van der Waals surface area (Å²) in [7, 11) is 1.72. The molecule has 5 nitrogen and oxygen atoms in total. The Kier molecular flexibility index (Phi) is 14.3. The van der Waals surface area contributed by atoms with Crippen LogP contribution in [0.1, 0.15) is 35.6 Å². The van der Waals surface area contributed by atoms with Crippen LogP contribution in [0.5, 0.6) is 0 Å². The van der Waals surface area contributed by atoms with E-state index in [1.54, 1.807) is 7.11 Å². The Morgan fingerprint density at radius 3 is 1.34 bits per heavy atom. The number of rotatable bonds is 20. The van der Waals surface area contributed by atoms with E-state index in [1.165, 1.54) is 0 Å². The van der Waals surface area contributed by atoms with Crippen LogP contribution in [0.3, 0.4) is 0 Å². The summed E-state index contributed by atoms with van der Waals surface area (Å²) in [6.07, 6.45) is 0.899. The lowest BCUT2D eigenvalue weighted by Crippen LogP contribution is -2.51. The van der Waals surface area contributed by atoms with E-state index in [-0.39, 0.29) is 18.1 Å². The van der Waals surface area contributed by atoms with Crippen molar-refractivity contribution in [3.05, 3.63) is 156 Å². The van der Waals surface area contributed by atoms with Crippen LogP contribution < -0.4 is 0 Å². The summed E-state index contributed by atoms with van der Waals surface area (Å²) in [5.74, 6) is -0.0211. The number of hydrogen-bond donors (Lipinski definition) is 0. The van der Waals surface area contributed by atoms with Gasteiger partial charge in [0.1, 0.15) is 12.2 Å². The standard InChI is InChI=1S/C39H46O5/c1-4-17-36(40-3)38(43-29-34-22-13-7-14-23-34)39(44-30-35-24-15-8-16-25-35)37(42-28-33-20-11-6-12-21-33)31(2)26-41-27-32-18-9-5-10-19-32/h4-16,18-25,31,36-39H,1,17,26-30H2,2-3H3. The number of hydrogen-bond acceptors (Lipinski definition) is 5. The Morgan fingerprint density at radius 2 is 0.932 bits per heavy atom. The predicted molar refractivity (Wildman–Crippen MR) is 176 cm³/mol. The summed E-state index contributed by atoms with van der Waals surface area (Å²) in [4.78, 5) is 0. The van der Waals surface area contributed by atoms with Gasteiger partial charge in [-0.2, -0.15) is 0 Å². The Labute approximate surface area is 263 Å². The van der Waals surface area contributed by atoms with Crippen LogP contribution in [0.4, 0.5) is 0 Å². The molecular weight excluding hydrogens is 548 g/mol. The van der Waals surface area contributed by atoms with Gasteiger partial charge in [0.15, 0.2) is 0 Å². The molecular formula is C39H46O5. The van der Waals surface area contributed by atoms with Crippen molar-refractivity contribution >= 4 is 0 Å². The zero-order valence-corrected chi connectivity index (χ0v) is 26.0. The predicted octanol–water partition coefficient (Wildman–Crippen LogP) is 8.19. The van der Waals surface area contributed by atoms with E-state index in [4.69, 9.17) is 23.7 Å². The van der Waals surface area contributed by atoms with E-state index in [9.17, 15) is 0 Å². The number of ether oxygens (including phenoxy) is 5. The molecule has 4 aromatic carbocycles. The lowest BCUT2D eigenvalue weighted by atomic mass is 9.92. The van der Waals surface area contributed by atoms with Crippen molar-refractivity contribution in [3.63, 3.8) is 0 Å². The summed E-state index contributed by atoms with van der Waals surface area (Å²) >= 11 is 0. The van der Waals surface area contributed by atoms with Gasteiger partial charge in [-0.05, 0) is 28.7 Å². The highest BCUT2D eigenvalue weighted by Gasteiger charge is 2.40. The molecule has 0 N–H and O–H groups in total. The van der Waals surface area contributed by atoms with Gasteiger partial charge in [-0.1, -0.05) is 134 Å². The zero-order chi connectivity index (χ0) is 30.8. The molecule has 4 aromatic rings. The third-order valence-electron chi connectivity index (χ3n) is 7.62. The lowest BCUT2D eigenvalue weighted by molar-refractivity contribution is -0.196. The summed E-state index contributed by atoms with van der Waals surface area (Å²) in [5.41, 5.74) is 4.38. The molecule has 5 unspecified atom stereocenters. The highest BCUT2D eigenvalue weighted by atomic mass is 16.6. The second-order valence-corrected chi connectivity index (χ2v) is 11.1. The molecule has 0 saturated carbocycles. The Hall–Kier alpha value is -3.58. The van der Waals surface area contributed by atoms with E-state index in [0.717, 1.165) is 22.3 Å². The first kappa shape index (κ1) is 33.3. The van der Waals surface area contributed by atoms with Gasteiger partial charge in [0, 0.05) is 13.0 Å². The lowest BCUT2D eigenvalue weighted by Gasteiger charge is -2.39. The van der Waals surface area contributed by atoms with Crippen molar-refractivity contribution < 1.29 is 23.7 Å². The third-order valence-corrected chi connectivity index (χ3v) is 7.62. The summed E-state index contributed by atoms with van der Waals surface area (Å²) < 4.78 is 32.6. The fourth-order valence-corrected chi connectivity index (χ4v) is 5.23. The van der Waals surface area contributed by atoms with Crippen molar-refractivity contribution in [2.75, 3.05) is 13.7 Å². The van der Waals surface area contributed by atoms with Crippen LogP contribution in [-0.4, -0.2) is 38.1 Å². The third kappa shape index (κ3) is 10.8. The second-order valence-electron chi connectivity index (χ2n) is 11.1. The van der Waals surface area contributed by atoms with Crippen molar-refractivity contribution in [1.82, 2.24) is 0 Å². The molecule has 232 valence electrons. The molecule has 0 aliphatic heterocycles. The molecule has 0 saturated heterocycles. The molecule has 0 aliphatic rings. The van der Waals surface area contributed by atoms with Gasteiger partial charge in [-0.25, -0.2) is 0 Å². The molecule has 5 heteroatoms. The largest absolute Gasteiger partial charge is 0.378 e. The van der Waals surface area contributed by atoms with Crippen LogP contribution in [0, 0.1) is 5.92 Å². The summed E-state index contributed by atoms with van der Waals surface area (Å²) in [6.45, 7) is 8.43. The summed E-state index contributed by atoms with van der Waals surface area (Å²) in [6, 6.07) is 40.8. The number of benzene rings is 4. The molecule has 0 fully saturated rings. The molecule has 0 aromatic heterocycles. The fraction of sp³-hybridized carbons (Fsp3) is 0.333. The molecule has 0 spiro atoms. The molecule has 44 heavy (non-hydrogen) atoms. The van der Waals surface area contributed by atoms with Gasteiger partial charge in [0.2, 0.25) is 0 Å². The van der Waals surface area contributed by atoms with Gasteiger partial charge >= 0.3 is 0 Å². The minimum atomic E-state index is -0.470. The van der Waals surface area contributed by atoms with E-state index in [2.05, 4.69) is 62.0 Å². The Morgan fingerprint density at radius 1 is 0.545 bits per heavy atom. The van der Waals surface area contributed by atoms with E-state index in [1.807, 2.05) is 78.9 Å². The first-order valence-electron chi connectivity index (χ1n) is 15.4. The fourth-order valence-electron chi connectivity index (χ4n) is 5.23. The van der Waals surface area contributed by atoms with E-state index < -0.39 is 12.2 Å².